The fourth-order valence-corrected chi connectivity index (χ4v) is 3.75. The Kier molecular flexibility index (Phi) is 5.73. The van der Waals surface area contributed by atoms with Gasteiger partial charge in [-0.2, -0.15) is 0 Å². The van der Waals surface area contributed by atoms with Crippen LogP contribution in [0, 0.1) is 16.0 Å². The predicted molar refractivity (Wildman–Crippen MR) is 101 cm³/mol. The molecule has 2 atom stereocenters. The molecule has 3 N–H and O–H groups in total. The third-order valence-electron chi connectivity index (χ3n) is 4.62. The van der Waals surface area contributed by atoms with Crippen molar-refractivity contribution in [3.8, 4) is 0 Å². The molecule has 1 saturated heterocycles. The largest absolute Gasteiger partial charge is 0.381 e. The lowest BCUT2D eigenvalue weighted by molar-refractivity contribution is -0.384. The molecular formula is C18H21N3O5S. The van der Waals surface area contributed by atoms with Crippen molar-refractivity contribution in [2.24, 2.45) is 11.1 Å². The van der Waals surface area contributed by atoms with E-state index in [1.54, 1.807) is 0 Å². The standard InChI is InChI=1S/C18H21N3O5S/c19-27(24,25)15-6-7-16(18(11-15)21(22)23)20-17(10-13-8-9-26-12-13)14-4-2-1-3-5-14/h1-7,11,13,17,20H,8-10,12H2,(H2,19,24,25). The summed E-state index contributed by atoms with van der Waals surface area (Å²) in [5.74, 6) is 0.352. The Hall–Kier alpha value is -2.49. The van der Waals surface area contributed by atoms with Gasteiger partial charge in [-0.15, -0.1) is 0 Å². The fraction of sp³-hybridized carbons (Fsp3) is 0.333. The van der Waals surface area contributed by atoms with Gasteiger partial charge in [0.25, 0.3) is 5.69 Å². The summed E-state index contributed by atoms with van der Waals surface area (Å²) in [7, 11) is -4.02. The van der Waals surface area contributed by atoms with Gasteiger partial charge in [0, 0.05) is 19.3 Å². The van der Waals surface area contributed by atoms with E-state index in [9.17, 15) is 18.5 Å². The Morgan fingerprint density at radius 3 is 2.59 bits per heavy atom. The number of sulfonamides is 1. The van der Waals surface area contributed by atoms with Gasteiger partial charge in [0.1, 0.15) is 5.69 Å². The summed E-state index contributed by atoms with van der Waals surface area (Å²) in [5, 5.41) is 19.8. The number of nitro groups is 1. The lowest BCUT2D eigenvalue weighted by atomic mass is 9.94. The highest BCUT2D eigenvalue weighted by atomic mass is 32.2. The Labute approximate surface area is 157 Å². The van der Waals surface area contributed by atoms with Crippen LogP contribution in [0.25, 0.3) is 0 Å². The first-order chi connectivity index (χ1) is 12.8. The zero-order chi connectivity index (χ0) is 19.4. The van der Waals surface area contributed by atoms with Crippen LogP contribution in [0.2, 0.25) is 0 Å². The van der Waals surface area contributed by atoms with Gasteiger partial charge in [0.05, 0.1) is 15.9 Å². The van der Waals surface area contributed by atoms with Crippen LogP contribution in [0.5, 0.6) is 0 Å². The molecule has 0 spiro atoms. The van der Waals surface area contributed by atoms with Crippen molar-refractivity contribution in [2.45, 2.75) is 23.8 Å². The number of anilines is 1. The number of nitrogens with one attached hydrogen (secondary N) is 1. The highest BCUT2D eigenvalue weighted by Crippen LogP contribution is 2.34. The van der Waals surface area contributed by atoms with E-state index in [1.807, 2.05) is 30.3 Å². The summed E-state index contributed by atoms with van der Waals surface area (Å²) >= 11 is 0. The van der Waals surface area contributed by atoms with Gasteiger partial charge in [-0.1, -0.05) is 30.3 Å². The molecule has 1 fully saturated rings. The molecule has 0 aromatic heterocycles. The van der Waals surface area contributed by atoms with E-state index in [2.05, 4.69) is 5.32 Å². The Balaban J connectivity index is 1.93. The van der Waals surface area contributed by atoms with Crippen molar-refractivity contribution < 1.29 is 18.1 Å². The van der Waals surface area contributed by atoms with Crippen LogP contribution in [0.3, 0.4) is 0 Å². The molecule has 144 valence electrons. The zero-order valence-electron chi connectivity index (χ0n) is 14.6. The third-order valence-corrected chi connectivity index (χ3v) is 5.53. The fourth-order valence-electron chi connectivity index (χ4n) is 3.22. The molecule has 3 rings (SSSR count). The lowest BCUT2D eigenvalue weighted by Crippen LogP contribution is -2.17. The van der Waals surface area contributed by atoms with Gasteiger partial charge >= 0.3 is 0 Å². The average Bonchev–Trinajstić information content (AvgIpc) is 3.14. The first-order valence-corrected chi connectivity index (χ1v) is 10.1. The summed E-state index contributed by atoms with van der Waals surface area (Å²) in [5.41, 5.74) is 0.916. The lowest BCUT2D eigenvalue weighted by Gasteiger charge is -2.23. The van der Waals surface area contributed by atoms with Crippen molar-refractivity contribution in [1.29, 1.82) is 0 Å². The Bertz CT molecular complexity index is 912. The van der Waals surface area contributed by atoms with Crippen molar-refractivity contribution >= 4 is 21.4 Å². The first-order valence-electron chi connectivity index (χ1n) is 8.55. The minimum absolute atomic E-state index is 0.170. The normalized spacial score (nSPS) is 18.2. The second-order valence-electron chi connectivity index (χ2n) is 6.55. The third kappa shape index (κ3) is 4.82. The first kappa shape index (κ1) is 19.3. The van der Waals surface area contributed by atoms with Gasteiger partial charge in [-0.05, 0) is 36.5 Å². The zero-order valence-corrected chi connectivity index (χ0v) is 15.4. The number of hydrogen-bond donors (Lipinski definition) is 2. The molecule has 8 nitrogen and oxygen atoms in total. The molecule has 0 saturated carbocycles. The van der Waals surface area contributed by atoms with E-state index in [4.69, 9.17) is 9.88 Å². The van der Waals surface area contributed by atoms with Crippen LogP contribution < -0.4 is 10.5 Å². The van der Waals surface area contributed by atoms with E-state index in [0.29, 0.717) is 12.5 Å². The van der Waals surface area contributed by atoms with E-state index in [0.717, 1.165) is 31.1 Å². The highest BCUT2D eigenvalue weighted by Gasteiger charge is 2.25. The second kappa shape index (κ2) is 8.03. The average molecular weight is 391 g/mol. The van der Waals surface area contributed by atoms with E-state index < -0.39 is 14.9 Å². The van der Waals surface area contributed by atoms with Gasteiger partial charge in [-0.3, -0.25) is 10.1 Å². The number of nitrogens with zero attached hydrogens (tertiary/aromatic N) is 1. The molecule has 0 bridgehead atoms. The Morgan fingerprint density at radius 1 is 1.26 bits per heavy atom. The summed E-state index contributed by atoms with van der Waals surface area (Å²) in [6, 6.07) is 13.1. The van der Waals surface area contributed by atoms with Crippen molar-refractivity contribution in [1.82, 2.24) is 0 Å². The maximum Gasteiger partial charge on any atom is 0.293 e. The maximum absolute atomic E-state index is 11.5. The number of rotatable bonds is 7. The number of nitrogens with two attached hydrogens (primary N) is 1. The maximum atomic E-state index is 11.5. The molecule has 2 aromatic rings. The molecule has 0 radical (unpaired) electrons. The second-order valence-corrected chi connectivity index (χ2v) is 8.12. The molecule has 0 amide bonds. The summed E-state index contributed by atoms with van der Waals surface area (Å²) in [6.07, 6.45) is 1.69. The van der Waals surface area contributed by atoms with Crippen LogP contribution >= 0.6 is 0 Å². The number of primary sulfonamides is 1. The number of ether oxygens (including phenoxy) is 1. The molecule has 1 aliphatic heterocycles. The van der Waals surface area contributed by atoms with Gasteiger partial charge in [0.15, 0.2) is 0 Å². The van der Waals surface area contributed by atoms with Crippen LogP contribution in [-0.2, 0) is 14.8 Å². The molecule has 1 aliphatic rings. The van der Waals surface area contributed by atoms with Gasteiger partial charge < -0.3 is 10.1 Å². The Morgan fingerprint density at radius 2 is 2.00 bits per heavy atom. The summed E-state index contributed by atoms with van der Waals surface area (Å²) < 4.78 is 28.5. The van der Waals surface area contributed by atoms with Crippen LogP contribution in [0.15, 0.2) is 53.4 Å². The minimum atomic E-state index is -4.02. The SMILES string of the molecule is NS(=O)(=O)c1ccc(NC(CC2CCOC2)c2ccccc2)c([N+](=O)[O-])c1. The number of nitro benzene ring substituents is 1. The quantitative estimate of drug-likeness (QED) is 0.552. The van der Waals surface area contributed by atoms with E-state index in [-0.39, 0.29) is 22.3 Å². The van der Waals surface area contributed by atoms with Crippen molar-refractivity contribution in [2.75, 3.05) is 18.5 Å². The van der Waals surface area contributed by atoms with Gasteiger partial charge in [-0.25, -0.2) is 13.6 Å². The summed E-state index contributed by atoms with van der Waals surface area (Å²) in [4.78, 5) is 10.6. The summed E-state index contributed by atoms with van der Waals surface area (Å²) in [6.45, 7) is 1.38. The van der Waals surface area contributed by atoms with Crippen LogP contribution in [0.1, 0.15) is 24.4 Å². The van der Waals surface area contributed by atoms with Crippen LogP contribution in [0.4, 0.5) is 11.4 Å². The minimum Gasteiger partial charge on any atom is -0.381 e. The topological polar surface area (TPSA) is 125 Å². The van der Waals surface area contributed by atoms with Gasteiger partial charge in [0.2, 0.25) is 10.0 Å². The predicted octanol–water partition coefficient (Wildman–Crippen LogP) is 2.82. The van der Waals surface area contributed by atoms with E-state index >= 15 is 0 Å². The molecule has 0 aliphatic carbocycles. The smallest absolute Gasteiger partial charge is 0.293 e. The molecule has 1 heterocycles. The van der Waals surface area contributed by atoms with E-state index in [1.165, 1.54) is 12.1 Å². The van der Waals surface area contributed by atoms with Crippen LogP contribution in [-0.4, -0.2) is 26.6 Å². The number of hydrogen-bond acceptors (Lipinski definition) is 6. The number of benzene rings is 2. The molecular weight excluding hydrogens is 370 g/mol. The van der Waals surface area contributed by atoms with Crippen molar-refractivity contribution in [3.05, 3.63) is 64.2 Å². The van der Waals surface area contributed by atoms with Crippen molar-refractivity contribution in [3.63, 3.8) is 0 Å². The highest BCUT2D eigenvalue weighted by molar-refractivity contribution is 7.89. The molecule has 27 heavy (non-hydrogen) atoms. The molecule has 2 aromatic carbocycles. The monoisotopic (exact) mass is 391 g/mol. The molecule has 2 unspecified atom stereocenters. The molecule has 9 heteroatoms.